The summed E-state index contributed by atoms with van der Waals surface area (Å²) in [4.78, 5) is 48.5. The first-order valence-electron chi connectivity index (χ1n) is 21.6. The van der Waals surface area contributed by atoms with Gasteiger partial charge in [0.1, 0.15) is 29.5 Å². The van der Waals surface area contributed by atoms with Gasteiger partial charge in [0.05, 0.1) is 36.4 Å². The van der Waals surface area contributed by atoms with E-state index >= 15 is 0 Å². The molecule has 4 rings (SSSR count). The van der Waals surface area contributed by atoms with Gasteiger partial charge in [-0.1, -0.05) is 27.7 Å². The molecule has 1 unspecified atom stereocenters. The minimum atomic E-state index is -2.01. The lowest BCUT2D eigenvalue weighted by Gasteiger charge is -2.47. The first-order valence-corrected chi connectivity index (χ1v) is 21.6. The van der Waals surface area contributed by atoms with E-state index in [9.17, 15) is 34.1 Å². The Morgan fingerprint density at radius 2 is 1.61 bits per heavy atom. The minimum absolute atomic E-state index is 0.0595. The molecule has 336 valence electrons. The molecule has 1 amide bonds. The Morgan fingerprint density at radius 1 is 0.983 bits per heavy atom. The summed E-state index contributed by atoms with van der Waals surface area (Å²) in [6, 6.07) is 5.65. The maximum absolute atomic E-state index is 14.5. The van der Waals surface area contributed by atoms with E-state index in [0.29, 0.717) is 6.42 Å². The van der Waals surface area contributed by atoms with Crippen LogP contribution >= 0.6 is 0 Å². The van der Waals surface area contributed by atoms with Gasteiger partial charge >= 0.3 is 5.97 Å². The van der Waals surface area contributed by atoms with Gasteiger partial charge in [-0.25, -0.2) is 4.39 Å². The monoisotopic (exact) mass is 837 g/mol. The van der Waals surface area contributed by atoms with Gasteiger partial charge in [0, 0.05) is 56.4 Å². The zero-order chi connectivity index (χ0) is 44.0. The van der Waals surface area contributed by atoms with Crippen LogP contribution in [0.4, 0.5) is 10.1 Å². The van der Waals surface area contributed by atoms with E-state index in [-0.39, 0.29) is 43.3 Å². The van der Waals surface area contributed by atoms with Gasteiger partial charge in [0.25, 0.3) is 0 Å². The molecular formula is C44H73FN4O10. The van der Waals surface area contributed by atoms with Gasteiger partial charge in [-0.3, -0.25) is 19.3 Å². The first-order chi connectivity index (χ1) is 27.6. The highest BCUT2D eigenvalue weighted by molar-refractivity contribution is 6.00. The number of amides is 1. The molecule has 1 aromatic carbocycles. The summed E-state index contributed by atoms with van der Waals surface area (Å²) >= 11 is 0. The van der Waals surface area contributed by atoms with Crippen LogP contribution in [0.1, 0.15) is 88.0 Å². The molecule has 3 aliphatic rings. The molecule has 0 radical (unpaired) electrons. The average molecular weight is 837 g/mol. The van der Waals surface area contributed by atoms with Crippen molar-refractivity contribution in [3.63, 3.8) is 0 Å². The first kappa shape index (κ1) is 48.9. The molecule has 59 heavy (non-hydrogen) atoms. The quantitative estimate of drug-likeness (QED) is 0.189. The lowest BCUT2D eigenvalue weighted by molar-refractivity contribution is -0.298. The summed E-state index contributed by atoms with van der Waals surface area (Å²) < 4.78 is 39.3. The van der Waals surface area contributed by atoms with Crippen molar-refractivity contribution < 1.29 is 53.0 Å². The summed E-state index contributed by atoms with van der Waals surface area (Å²) in [6.45, 7) is 19.4. The van der Waals surface area contributed by atoms with Crippen molar-refractivity contribution in [3.05, 3.63) is 30.1 Å². The molecule has 0 aliphatic carbocycles. The second kappa shape index (κ2) is 20.9. The number of nitrogens with zero attached hydrogens (tertiary/aromatic N) is 3. The number of piperazine rings is 1. The van der Waals surface area contributed by atoms with Gasteiger partial charge in [-0.2, -0.15) is 0 Å². The summed E-state index contributed by atoms with van der Waals surface area (Å²) in [5.74, 6) is -5.54. The van der Waals surface area contributed by atoms with Crippen LogP contribution in [0.5, 0.6) is 0 Å². The number of aliphatic hydroxyl groups excluding tert-OH is 2. The van der Waals surface area contributed by atoms with Crippen LogP contribution in [0, 0.1) is 29.5 Å². The van der Waals surface area contributed by atoms with Gasteiger partial charge in [-0.05, 0) is 105 Å². The number of ether oxygens (including phenoxy) is 4. The van der Waals surface area contributed by atoms with Crippen molar-refractivity contribution in [3.8, 4) is 0 Å². The normalized spacial score (nSPS) is 38.0. The molecule has 4 N–H and O–H groups in total. The van der Waals surface area contributed by atoms with Crippen LogP contribution in [0.2, 0.25) is 0 Å². The molecule has 0 aromatic heterocycles. The van der Waals surface area contributed by atoms with Crippen LogP contribution in [0.25, 0.3) is 0 Å². The van der Waals surface area contributed by atoms with E-state index in [4.69, 9.17) is 18.9 Å². The largest absolute Gasteiger partial charge is 0.459 e. The smallest absolute Gasteiger partial charge is 0.316 e. The fourth-order valence-electron chi connectivity index (χ4n) is 9.05. The Morgan fingerprint density at radius 3 is 2.19 bits per heavy atom. The molecule has 1 aromatic rings. The number of esters is 1. The molecular weight excluding hydrogens is 763 g/mol. The molecule has 3 heterocycles. The molecule has 3 fully saturated rings. The lowest BCUT2D eigenvalue weighted by atomic mass is 9.79. The summed E-state index contributed by atoms with van der Waals surface area (Å²) in [5.41, 5.74) is -2.34. The minimum Gasteiger partial charge on any atom is -0.459 e. The Bertz CT molecular complexity index is 1530. The van der Waals surface area contributed by atoms with Gasteiger partial charge in [0.2, 0.25) is 5.91 Å². The van der Waals surface area contributed by atoms with Crippen molar-refractivity contribution in [2.45, 2.75) is 148 Å². The maximum Gasteiger partial charge on any atom is 0.316 e. The Kier molecular flexibility index (Phi) is 17.3. The van der Waals surface area contributed by atoms with Crippen molar-refractivity contribution >= 4 is 23.3 Å². The standard InChI is InChI=1S/C44H73FN4O10/c1-12-31(24-48-18-20-49(21-19-48)33-16-14-32(45)15-17-33)25-56-43(8)23-26(3)46-40(53)30(7)38(52)44(9,55)35(13-2)58-41(54)29(6)36(50)28(5)39(43)59-42-37(51)34(47(10)11)22-27(4)57-42/h14-17,26-31,34-35,37-39,42,51-52,55H,12-13,18-25H2,1-11H3,(H,46,53)/t26-,27-,28+,29-,30-,31?,34+,35-,37-,38-,39-,42+,43-,44-/m1/s1. The fraction of sp³-hybridized carbons (Fsp3) is 0.795. The van der Waals surface area contributed by atoms with E-state index in [1.54, 1.807) is 32.9 Å². The van der Waals surface area contributed by atoms with E-state index < -0.39 is 83.4 Å². The second-order valence-corrected chi connectivity index (χ2v) is 18.1. The molecule has 14 nitrogen and oxygen atoms in total. The Balaban J connectivity index is 1.69. The number of halogens is 1. The van der Waals surface area contributed by atoms with E-state index in [0.717, 1.165) is 44.8 Å². The molecule has 3 aliphatic heterocycles. The number of nitrogens with one attached hydrogen (secondary N) is 1. The van der Waals surface area contributed by atoms with Gasteiger partial charge in [-0.15, -0.1) is 0 Å². The van der Waals surface area contributed by atoms with Crippen molar-refractivity contribution in [1.82, 2.24) is 15.1 Å². The van der Waals surface area contributed by atoms with E-state index in [1.165, 1.54) is 32.9 Å². The number of rotatable bonds is 11. The van der Waals surface area contributed by atoms with Crippen LogP contribution in [0.15, 0.2) is 24.3 Å². The highest BCUT2D eigenvalue weighted by Gasteiger charge is 2.51. The average Bonchev–Trinajstić information content (AvgIpc) is 3.19. The molecule has 3 saturated heterocycles. The highest BCUT2D eigenvalue weighted by Crippen LogP contribution is 2.37. The summed E-state index contributed by atoms with van der Waals surface area (Å²) in [6.07, 6.45) is -4.87. The molecule has 14 atom stereocenters. The SMILES string of the molecule is CCC(CO[C@]1(C)C[C@@H](C)NC(=O)[C@H](C)[C@@H](O)[C@](C)(O)[C@@H](CC)OC(=O)[C@H](C)C(=O)[C@H](C)[C@H]1O[C@@H]1O[C@H](C)C[C@H](N(C)C)[C@H]1O)CN1CCN(c2ccc(F)cc2)CC1. The Labute approximate surface area is 351 Å². The zero-order valence-corrected chi connectivity index (χ0v) is 37.2. The number of Topliss-reactive ketones (excluding diaryl/α,β-unsaturated/α-hetero) is 1. The Hall–Kier alpha value is -2.76. The van der Waals surface area contributed by atoms with E-state index in [2.05, 4.69) is 22.0 Å². The van der Waals surface area contributed by atoms with Gasteiger partial charge in [0.15, 0.2) is 12.1 Å². The molecule has 0 saturated carbocycles. The van der Waals surface area contributed by atoms with Crippen molar-refractivity contribution in [2.24, 2.45) is 23.7 Å². The number of hydrogen-bond acceptors (Lipinski definition) is 13. The summed E-state index contributed by atoms with van der Waals surface area (Å²) in [5, 5.41) is 37.5. The summed E-state index contributed by atoms with van der Waals surface area (Å²) in [7, 11) is 3.74. The molecule has 15 heteroatoms. The number of anilines is 1. The van der Waals surface area contributed by atoms with Crippen molar-refractivity contribution in [2.75, 3.05) is 58.3 Å². The maximum atomic E-state index is 14.5. The zero-order valence-electron chi connectivity index (χ0n) is 37.2. The number of hydrogen-bond donors (Lipinski definition) is 4. The predicted octanol–water partition coefficient (Wildman–Crippen LogP) is 3.38. The third-order valence-corrected chi connectivity index (χ3v) is 13.0. The number of carbonyl (C=O) groups is 3. The highest BCUT2D eigenvalue weighted by atomic mass is 19.1. The number of likely N-dealkylation sites (N-methyl/N-ethyl adjacent to an activating group) is 1. The lowest BCUT2D eigenvalue weighted by Crippen LogP contribution is -2.60. The number of carbonyl (C=O) groups excluding carboxylic acids is 3. The number of cyclic esters (lactones) is 1. The fourth-order valence-corrected chi connectivity index (χ4v) is 9.05. The predicted molar refractivity (Wildman–Crippen MR) is 222 cm³/mol. The second-order valence-electron chi connectivity index (χ2n) is 18.1. The van der Waals surface area contributed by atoms with E-state index in [1.807, 2.05) is 32.8 Å². The van der Waals surface area contributed by atoms with Crippen LogP contribution in [-0.4, -0.2) is 156 Å². The molecule has 0 spiro atoms. The molecule has 0 bridgehead atoms. The third-order valence-electron chi connectivity index (χ3n) is 13.0. The number of aliphatic hydroxyl groups is 3. The van der Waals surface area contributed by atoms with Crippen molar-refractivity contribution in [1.29, 1.82) is 0 Å². The van der Waals surface area contributed by atoms with Crippen LogP contribution in [0.3, 0.4) is 0 Å². The van der Waals surface area contributed by atoms with Crippen LogP contribution < -0.4 is 10.2 Å². The van der Waals surface area contributed by atoms with Crippen LogP contribution in [-0.2, 0) is 33.3 Å². The number of benzene rings is 1. The van der Waals surface area contributed by atoms with Gasteiger partial charge < -0.3 is 49.4 Å². The third kappa shape index (κ3) is 12.0. The number of ketones is 1. The topological polar surface area (TPSA) is 171 Å².